The van der Waals surface area contributed by atoms with Gasteiger partial charge in [0.05, 0.1) is 29.3 Å². The third-order valence-corrected chi connectivity index (χ3v) is 5.27. The molecule has 2 aromatic carbocycles. The van der Waals surface area contributed by atoms with Crippen LogP contribution in [0, 0.1) is 5.41 Å². The van der Waals surface area contributed by atoms with Gasteiger partial charge in [0, 0.05) is 24.4 Å². The Morgan fingerprint density at radius 1 is 1.09 bits per heavy atom. The summed E-state index contributed by atoms with van der Waals surface area (Å²) in [5.74, 6) is -1.06. The van der Waals surface area contributed by atoms with E-state index in [0.717, 1.165) is 47.4 Å². The van der Waals surface area contributed by atoms with Gasteiger partial charge in [-0.3, -0.25) is 15.4 Å². The number of rotatable bonds is 10. The molecule has 0 aliphatic carbocycles. The Balaban J connectivity index is 2.14. The third kappa shape index (κ3) is 6.20. The zero-order valence-electron chi connectivity index (χ0n) is 19.1. The van der Waals surface area contributed by atoms with Crippen molar-refractivity contribution in [1.82, 2.24) is 15.3 Å². The molecule has 33 heavy (non-hydrogen) atoms. The molecule has 0 spiro atoms. The second-order valence-electron chi connectivity index (χ2n) is 7.68. The third-order valence-electron chi connectivity index (χ3n) is 5.27. The van der Waals surface area contributed by atoms with Crippen molar-refractivity contribution in [2.45, 2.75) is 33.2 Å². The lowest BCUT2D eigenvalue weighted by molar-refractivity contribution is 0.734. The summed E-state index contributed by atoms with van der Waals surface area (Å²) in [4.78, 5) is 9.33. The van der Waals surface area contributed by atoms with E-state index in [4.69, 9.17) is 16.1 Å². The van der Waals surface area contributed by atoms with Gasteiger partial charge < -0.3 is 11.1 Å². The fourth-order valence-corrected chi connectivity index (χ4v) is 3.66. The van der Waals surface area contributed by atoms with Gasteiger partial charge in [-0.1, -0.05) is 61.9 Å². The standard InChI is InChI=1S/C27H30FN5/c1-3-5-14-31-16-21-17-33-25(18-32-21)26(20-12-13-24(29)23(15-20)27(28)30)22(9-4-2)19-10-7-6-8-11-19/h3,5-8,10-13,15,17-18,30-31H,4,9,14,16,29H2,1-2H3/b5-3+,26-22-,30-27?. The van der Waals surface area contributed by atoms with E-state index < -0.39 is 5.97 Å². The molecule has 0 saturated carbocycles. The molecule has 0 unspecified atom stereocenters. The van der Waals surface area contributed by atoms with E-state index in [2.05, 4.69) is 29.4 Å². The first-order valence-corrected chi connectivity index (χ1v) is 11.1. The molecule has 1 aromatic heterocycles. The van der Waals surface area contributed by atoms with Crippen LogP contribution in [0.4, 0.5) is 10.1 Å². The maximum Gasteiger partial charge on any atom is 0.214 e. The van der Waals surface area contributed by atoms with E-state index in [0.29, 0.717) is 12.2 Å². The Morgan fingerprint density at radius 2 is 1.88 bits per heavy atom. The lowest BCUT2D eigenvalue weighted by Gasteiger charge is -2.17. The predicted molar refractivity (Wildman–Crippen MR) is 135 cm³/mol. The van der Waals surface area contributed by atoms with Crippen molar-refractivity contribution in [3.63, 3.8) is 0 Å². The van der Waals surface area contributed by atoms with E-state index in [9.17, 15) is 4.39 Å². The van der Waals surface area contributed by atoms with Crippen molar-refractivity contribution < 1.29 is 4.39 Å². The minimum atomic E-state index is -1.06. The maximum absolute atomic E-state index is 13.9. The quantitative estimate of drug-likeness (QED) is 0.122. The fraction of sp³-hybridized carbons (Fsp3) is 0.222. The Bertz CT molecular complexity index is 1130. The van der Waals surface area contributed by atoms with Crippen molar-refractivity contribution in [3.8, 4) is 0 Å². The number of nitrogen functional groups attached to an aromatic ring is 1. The number of benzene rings is 2. The molecular weight excluding hydrogens is 413 g/mol. The van der Waals surface area contributed by atoms with Gasteiger partial charge in [-0.15, -0.1) is 0 Å². The molecule has 0 saturated heterocycles. The Labute approximate surface area is 194 Å². The van der Waals surface area contributed by atoms with Gasteiger partial charge >= 0.3 is 0 Å². The lowest BCUT2D eigenvalue weighted by Crippen LogP contribution is -2.14. The number of aromatic nitrogens is 2. The second-order valence-corrected chi connectivity index (χ2v) is 7.68. The lowest BCUT2D eigenvalue weighted by atomic mass is 9.89. The molecule has 0 aliphatic heterocycles. The molecule has 0 amide bonds. The van der Waals surface area contributed by atoms with Crippen LogP contribution in [0.25, 0.3) is 11.1 Å². The van der Waals surface area contributed by atoms with E-state index >= 15 is 0 Å². The summed E-state index contributed by atoms with van der Waals surface area (Å²) in [6.07, 6.45) is 9.30. The summed E-state index contributed by atoms with van der Waals surface area (Å²) >= 11 is 0. The molecule has 0 atom stereocenters. The van der Waals surface area contributed by atoms with Crippen LogP contribution in [0.1, 0.15) is 54.8 Å². The summed E-state index contributed by atoms with van der Waals surface area (Å²) < 4.78 is 13.9. The van der Waals surface area contributed by atoms with Crippen LogP contribution in [0.2, 0.25) is 0 Å². The van der Waals surface area contributed by atoms with Gasteiger partial charge in [0.2, 0.25) is 5.97 Å². The maximum atomic E-state index is 13.9. The topological polar surface area (TPSA) is 87.7 Å². The van der Waals surface area contributed by atoms with Crippen LogP contribution >= 0.6 is 0 Å². The van der Waals surface area contributed by atoms with Crippen LogP contribution in [0.5, 0.6) is 0 Å². The molecule has 3 rings (SSSR count). The second kappa shape index (κ2) is 11.8. The van der Waals surface area contributed by atoms with Gasteiger partial charge in [-0.2, -0.15) is 4.39 Å². The van der Waals surface area contributed by atoms with Crippen LogP contribution < -0.4 is 11.1 Å². The Hall–Kier alpha value is -3.64. The number of hydrogen-bond acceptors (Lipinski definition) is 5. The number of hydrogen-bond donors (Lipinski definition) is 3. The van der Waals surface area contributed by atoms with E-state index in [1.165, 1.54) is 0 Å². The number of allylic oxidation sites excluding steroid dienone is 2. The Kier molecular flexibility index (Phi) is 8.61. The van der Waals surface area contributed by atoms with Gasteiger partial charge in [0.25, 0.3) is 0 Å². The molecule has 0 fully saturated rings. The highest BCUT2D eigenvalue weighted by Crippen LogP contribution is 2.35. The van der Waals surface area contributed by atoms with Crippen LogP contribution in [-0.2, 0) is 6.54 Å². The minimum absolute atomic E-state index is 0.0756. The van der Waals surface area contributed by atoms with Crippen molar-refractivity contribution >= 4 is 22.8 Å². The van der Waals surface area contributed by atoms with E-state index in [1.54, 1.807) is 24.5 Å². The van der Waals surface area contributed by atoms with Crippen LogP contribution in [0.3, 0.4) is 0 Å². The average Bonchev–Trinajstić information content (AvgIpc) is 2.83. The van der Waals surface area contributed by atoms with Crippen LogP contribution in [-0.4, -0.2) is 22.5 Å². The van der Waals surface area contributed by atoms with Gasteiger partial charge in [-0.25, -0.2) is 0 Å². The first kappa shape index (κ1) is 24.0. The predicted octanol–water partition coefficient (Wildman–Crippen LogP) is 5.78. The van der Waals surface area contributed by atoms with E-state index in [1.807, 2.05) is 43.3 Å². The summed E-state index contributed by atoms with van der Waals surface area (Å²) in [7, 11) is 0. The largest absolute Gasteiger partial charge is 0.398 e. The summed E-state index contributed by atoms with van der Waals surface area (Å²) in [5.41, 5.74) is 11.5. The molecule has 5 nitrogen and oxygen atoms in total. The zero-order chi connectivity index (χ0) is 23.6. The average molecular weight is 444 g/mol. The molecule has 170 valence electrons. The van der Waals surface area contributed by atoms with Gasteiger partial charge in [0.1, 0.15) is 0 Å². The highest BCUT2D eigenvalue weighted by Gasteiger charge is 2.17. The highest BCUT2D eigenvalue weighted by molar-refractivity contribution is 6.01. The molecule has 0 aliphatic rings. The number of nitrogens with one attached hydrogen (secondary N) is 2. The SMILES string of the molecule is C/C=C/CNCc1cnc(/C(=C(/CCC)c2ccccc2)c2ccc(N)c(C(=N)F)c2)cn1. The molecule has 4 N–H and O–H groups in total. The number of anilines is 1. The molecular formula is C27H30FN5. The first-order valence-electron chi connectivity index (χ1n) is 11.1. The summed E-state index contributed by atoms with van der Waals surface area (Å²) in [6.45, 7) is 5.49. The van der Waals surface area contributed by atoms with Crippen LogP contribution in [0.15, 0.2) is 73.1 Å². The van der Waals surface area contributed by atoms with Crippen molar-refractivity contribution in [2.75, 3.05) is 12.3 Å². The number of nitrogens with zero attached hydrogens (tertiary/aromatic N) is 2. The van der Waals surface area contributed by atoms with Crippen molar-refractivity contribution in [2.24, 2.45) is 0 Å². The summed E-state index contributed by atoms with van der Waals surface area (Å²) in [5, 5.41) is 10.8. The smallest absolute Gasteiger partial charge is 0.214 e. The molecule has 0 bridgehead atoms. The summed E-state index contributed by atoms with van der Waals surface area (Å²) in [6, 6.07) is 15.2. The molecule has 6 heteroatoms. The molecule has 3 aromatic rings. The number of halogens is 1. The normalized spacial score (nSPS) is 12.1. The monoisotopic (exact) mass is 443 g/mol. The fourth-order valence-electron chi connectivity index (χ4n) is 3.66. The zero-order valence-corrected chi connectivity index (χ0v) is 19.1. The van der Waals surface area contributed by atoms with Gasteiger partial charge in [-0.05, 0) is 42.2 Å². The molecule has 1 heterocycles. The highest BCUT2D eigenvalue weighted by atomic mass is 19.1. The van der Waals surface area contributed by atoms with E-state index in [-0.39, 0.29) is 11.3 Å². The Morgan fingerprint density at radius 3 is 2.52 bits per heavy atom. The van der Waals surface area contributed by atoms with Crippen molar-refractivity contribution in [1.29, 1.82) is 5.41 Å². The minimum Gasteiger partial charge on any atom is -0.398 e. The van der Waals surface area contributed by atoms with Gasteiger partial charge in [0.15, 0.2) is 0 Å². The number of nitrogens with two attached hydrogens (primary N) is 1. The molecule has 0 radical (unpaired) electrons. The first-order chi connectivity index (χ1) is 16.0. The van der Waals surface area contributed by atoms with Crippen molar-refractivity contribution in [3.05, 3.63) is 101 Å².